The molecule has 0 aliphatic rings. The van der Waals surface area contributed by atoms with Crippen LogP contribution in [0.4, 0.5) is 10.1 Å². The maximum atomic E-state index is 13.1. The summed E-state index contributed by atoms with van der Waals surface area (Å²) in [6.45, 7) is 3.26. The molecule has 8 nitrogen and oxygen atoms in total. The number of ether oxygens (including phenoxy) is 1. The zero-order chi connectivity index (χ0) is 23.5. The summed E-state index contributed by atoms with van der Waals surface area (Å²) in [6, 6.07) is 10.5. The second-order valence-electron chi connectivity index (χ2n) is 6.95. The Morgan fingerprint density at radius 1 is 1.03 bits per heavy atom. The molecule has 0 saturated carbocycles. The van der Waals surface area contributed by atoms with Gasteiger partial charge in [0.15, 0.2) is 0 Å². The van der Waals surface area contributed by atoms with E-state index in [0.717, 1.165) is 12.1 Å². The van der Waals surface area contributed by atoms with Crippen molar-refractivity contribution in [3.8, 4) is 0 Å². The van der Waals surface area contributed by atoms with E-state index in [1.807, 2.05) is 0 Å². The highest BCUT2D eigenvalue weighted by Crippen LogP contribution is 2.20. The van der Waals surface area contributed by atoms with Gasteiger partial charge < -0.3 is 14.5 Å². The van der Waals surface area contributed by atoms with E-state index in [9.17, 15) is 22.4 Å². The lowest BCUT2D eigenvalue weighted by atomic mass is 10.1. The lowest BCUT2D eigenvalue weighted by Crippen LogP contribution is -2.24. The minimum Gasteiger partial charge on any atom is -0.465 e. The van der Waals surface area contributed by atoms with Gasteiger partial charge in [0.25, 0.3) is 15.9 Å². The van der Waals surface area contributed by atoms with Gasteiger partial charge in [0.2, 0.25) is 0 Å². The Balaban J connectivity index is 1.77. The first-order valence-corrected chi connectivity index (χ1v) is 10.9. The number of halogens is 1. The van der Waals surface area contributed by atoms with Gasteiger partial charge >= 0.3 is 5.97 Å². The molecule has 3 rings (SSSR count). The van der Waals surface area contributed by atoms with Crippen molar-refractivity contribution in [3.05, 3.63) is 82.6 Å². The van der Waals surface area contributed by atoms with Crippen molar-refractivity contribution in [2.45, 2.75) is 25.3 Å². The van der Waals surface area contributed by atoms with Crippen LogP contribution in [-0.2, 0) is 21.3 Å². The van der Waals surface area contributed by atoms with Gasteiger partial charge in [-0.1, -0.05) is 6.07 Å². The summed E-state index contributed by atoms with van der Waals surface area (Å²) in [5.74, 6) is -0.859. The van der Waals surface area contributed by atoms with Gasteiger partial charge in [-0.25, -0.2) is 17.6 Å². The molecular formula is C22H21FN2O6S. The molecule has 2 N–H and O–H groups in total. The van der Waals surface area contributed by atoms with Gasteiger partial charge in [-0.15, -0.1) is 0 Å². The SMILES string of the molecule is COC(=O)c1cc(CNC(=O)c2cc(S(=O)(=O)Nc3ccc(F)cc3)ccc2C)oc1C. The summed E-state index contributed by atoms with van der Waals surface area (Å²) >= 11 is 0. The van der Waals surface area contributed by atoms with E-state index in [2.05, 4.69) is 14.8 Å². The van der Waals surface area contributed by atoms with Crippen molar-refractivity contribution in [1.82, 2.24) is 5.32 Å². The van der Waals surface area contributed by atoms with Crippen LogP contribution in [0.1, 0.15) is 37.8 Å². The topological polar surface area (TPSA) is 115 Å². The van der Waals surface area contributed by atoms with Crippen LogP contribution < -0.4 is 10.0 Å². The standard InChI is InChI=1S/C22H21FN2O6S/c1-13-4-9-18(32(28,29)25-16-7-5-15(23)6-8-16)11-19(13)21(26)24-12-17-10-20(14(2)31-17)22(27)30-3/h4-11,25H,12H2,1-3H3,(H,24,26). The molecule has 0 saturated heterocycles. The third kappa shape index (κ3) is 5.14. The Kier molecular flexibility index (Phi) is 6.64. The fourth-order valence-electron chi connectivity index (χ4n) is 2.95. The summed E-state index contributed by atoms with van der Waals surface area (Å²) < 4.78 is 50.9. The Bertz CT molecular complexity index is 1270. The van der Waals surface area contributed by atoms with Crippen molar-refractivity contribution in [2.75, 3.05) is 11.8 Å². The number of furan rings is 1. The molecule has 0 bridgehead atoms. The molecule has 0 spiro atoms. The number of hydrogen-bond acceptors (Lipinski definition) is 6. The first-order chi connectivity index (χ1) is 15.1. The van der Waals surface area contributed by atoms with E-state index in [4.69, 9.17) is 4.42 Å². The number of aryl methyl sites for hydroxylation is 2. The van der Waals surface area contributed by atoms with E-state index in [-0.39, 0.29) is 28.3 Å². The minimum atomic E-state index is -4.00. The van der Waals surface area contributed by atoms with Crippen LogP contribution >= 0.6 is 0 Å². The molecule has 1 aromatic heterocycles. The first-order valence-electron chi connectivity index (χ1n) is 9.45. The number of hydrogen-bond donors (Lipinski definition) is 2. The number of rotatable bonds is 7. The minimum absolute atomic E-state index is 0.0130. The molecule has 0 fully saturated rings. The molecule has 0 aliphatic carbocycles. The zero-order valence-electron chi connectivity index (χ0n) is 17.6. The largest absolute Gasteiger partial charge is 0.465 e. The van der Waals surface area contributed by atoms with E-state index in [1.54, 1.807) is 13.8 Å². The maximum absolute atomic E-state index is 13.1. The van der Waals surface area contributed by atoms with Crippen molar-refractivity contribution < 1.29 is 31.6 Å². The van der Waals surface area contributed by atoms with Crippen LogP contribution in [0.2, 0.25) is 0 Å². The van der Waals surface area contributed by atoms with E-state index in [1.165, 1.54) is 43.5 Å². The number of sulfonamides is 1. The van der Waals surface area contributed by atoms with Crippen LogP contribution in [0.25, 0.3) is 0 Å². The number of benzene rings is 2. The molecule has 32 heavy (non-hydrogen) atoms. The molecule has 0 aliphatic heterocycles. The van der Waals surface area contributed by atoms with Gasteiger partial charge in [0, 0.05) is 11.3 Å². The molecule has 3 aromatic rings. The number of amides is 1. The monoisotopic (exact) mass is 460 g/mol. The van der Waals surface area contributed by atoms with Crippen LogP contribution in [0.5, 0.6) is 0 Å². The highest BCUT2D eigenvalue weighted by molar-refractivity contribution is 7.92. The number of anilines is 1. The van der Waals surface area contributed by atoms with Crippen molar-refractivity contribution in [3.63, 3.8) is 0 Å². The lowest BCUT2D eigenvalue weighted by Gasteiger charge is -2.11. The van der Waals surface area contributed by atoms with E-state index < -0.39 is 27.7 Å². The van der Waals surface area contributed by atoms with Crippen molar-refractivity contribution in [1.29, 1.82) is 0 Å². The molecule has 0 atom stereocenters. The molecule has 10 heteroatoms. The smallest absolute Gasteiger partial charge is 0.341 e. The second-order valence-corrected chi connectivity index (χ2v) is 8.63. The van der Waals surface area contributed by atoms with E-state index >= 15 is 0 Å². The highest BCUT2D eigenvalue weighted by Gasteiger charge is 2.20. The average molecular weight is 460 g/mol. The van der Waals surface area contributed by atoms with Gasteiger partial charge in [0.1, 0.15) is 22.9 Å². The number of carbonyl (C=O) groups is 2. The Labute approximate surface area is 184 Å². The average Bonchev–Trinajstić information content (AvgIpc) is 3.13. The number of nitrogens with one attached hydrogen (secondary N) is 2. The van der Waals surface area contributed by atoms with Crippen LogP contribution in [0.15, 0.2) is 57.8 Å². The quantitative estimate of drug-likeness (QED) is 0.521. The van der Waals surface area contributed by atoms with Gasteiger partial charge in [-0.05, 0) is 61.9 Å². The molecule has 0 unspecified atom stereocenters. The number of esters is 1. The van der Waals surface area contributed by atoms with Gasteiger partial charge in [-0.3, -0.25) is 9.52 Å². The number of carbonyl (C=O) groups excluding carboxylic acids is 2. The Hall–Kier alpha value is -3.66. The van der Waals surface area contributed by atoms with Crippen LogP contribution in [0, 0.1) is 19.7 Å². The van der Waals surface area contributed by atoms with Gasteiger partial charge in [0.05, 0.1) is 18.6 Å². The third-order valence-corrected chi connectivity index (χ3v) is 6.04. The summed E-state index contributed by atoms with van der Waals surface area (Å²) in [6.07, 6.45) is 0. The molecule has 0 radical (unpaired) electrons. The lowest BCUT2D eigenvalue weighted by molar-refractivity contribution is 0.0598. The van der Waals surface area contributed by atoms with Crippen molar-refractivity contribution >= 4 is 27.6 Å². The second kappa shape index (κ2) is 9.23. The van der Waals surface area contributed by atoms with Crippen LogP contribution in [-0.4, -0.2) is 27.4 Å². The molecule has 1 amide bonds. The zero-order valence-corrected chi connectivity index (χ0v) is 18.4. The normalized spacial score (nSPS) is 11.1. The fraction of sp³-hybridized carbons (Fsp3) is 0.182. The van der Waals surface area contributed by atoms with Gasteiger partial charge in [-0.2, -0.15) is 0 Å². The summed E-state index contributed by atoms with van der Waals surface area (Å²) in [5, 5.41) is 2.65. The molecule has 2 aromatic carbocycles. The third-order valence-electron chi connectivity index (χ3n) is 4.66. The Morgan fingerprint density at radius 3 is 2.38 bits per heavy atom. The first kappa shape index (κ1) is 23.0. The maximum Gasteiger partial charge on any atom is 0.341 e. The highest BCUT2D eigenvalue weighted by atomic mass is 32.2. The Morgan fingerprint density at radius 2 is 1.72 bits per heavy atom. The summed E-state index contributed by atoms with van der Waals surface area (Å²) in [4.78, 5) is 24.2. The molecule has 168 valence electrons. The number of methoxy groups -OCH3 is 1. The fourth-order valence-corrected chi connectivity index (χ4v) is 4.04. The molecule has 1 heterocycles. The van der Waals surface area contributed by atoms with Crippen molar-refractivity contribution in [2.24, 2.45) is 0 Å². The summed E-state index contributed by atoms with van der Waals surface area (Å²) in [5.41, 5.74) is 1.16. The predicted octanol–water partition coefficient (Wildman–Crippen LogP) is 3.55. The predicted molar refractivity (Wildman–Crippen MR) is 114 cm³/mol. The van der Waals surface area contributed by atoms with Crippen LogP contribution in [0.3, 0.4) is 0 Å². The van der Waals surface area contributed by atoms with E-state index in [0.29, 0.717) is 17.1 Å². The molecular weight excluding hydrogens is 439 g/mol. The summed E-state index contributed by atoms with van der Waals surface area (Å²) in [7, 11) is -2.75.